The Bertz CT molecular complexity index is 2620. The van der Waals surface area contributed by atoms with Gasteiger partial charge in [0.05, 0.1) is 11.0 Å². The summed E-state index contributed by atoms with van der Waals surface area (Å²) in [6.07, 6.45) is 0. The van der Waals surface area contributed by atoms with Crippen LogP contribution in [0.25, 0.3) is 93.5 Å². The molecule has 1 aromatic heterocycles. The third-order valence-corrected chi connectivity index (χ3v) is 9.24. The molecule has 0 N–H and O–H groups in total. The molecule has 1 aliphatic rings. The van der Waals surface area contributed by atoms with E-state index in [9.17, 15) is 0 Å². The van der Waals surface area contributed by atoms with Crippen molar-refractivity contribution in [3.63, 3.8) is 0 Å². The van der Waals surface area contributed by atoms with Crippen LogP contribution in [-0.2, 0) is 0 Å². The number of rotatable bonds is 2. The van der Waals surface area contributed by atoms with Crippen molar-refractivity contribution in [2.75, 3.05) is 0 Å². The predicted octanol–water partition coefficient (Wildman–Crippen LogP) is 11.0. The minimum Gasteiger partial charge on any atom is -0.292 e. The lowest BCUT2D eigenvalue weighted by Crippen LogP contribution is -1.98. The number of aromatic nitrogens is 2. The average Bonchev–Trinajstić information content (AvgIpc) is 3.62. The van der Waals surface area contributed by atoms with Crippen molar-refractivity contribution in [3.05, 3.63) is 146 Å². The summed E-state index contributed by atoms with van der Waals surface area (Å²) in [6.45, 7) is 0. The molecule has 0 bridgehead atoms. The van der Waals surface area contributed by atoms with Crippen molar-refractivity contribution in [1.29, 1.82) is 0 Å². The van der Waals surface area contributed by atoms with Gasteiger partial charge >= 0.3 is 0 Å². The molecule has 0 saturated carbocycles. The van der Waals surface area contributed by atoms with Crippen LogP contribution in [0.1, 0.15) is 0 Å². The Balaban J connectivity index is 1.29. The molecule has 0 amide bonds. The van der Waals surface area contributed by atoms with E-state index in [0.717, 1.165) is 28.1 Å². The quantitative estimate of drug-likeness (QED) is 0.198. The summed E-state index contributed by atoms with van der Waals surface area (Å²) in [4.78, 5) is 5.24. The fraction of sp³-hybridized carbons (Fsp3) is 0. The van der Waals surface area contributed by atoms with Gasteiger partial charge in [0.2, 0.25) is 0 Å². The minimum atomic E-state index is 0.955. The predicted molar refractivity (Wildman–Crippen MR) is 181 cm³/mol. The molecule has 0 spiro atoms. The van der Waals surface area contributed by atoms with Crippen LogP contribution >= 0.6 is 0 Å². The SMILES string of the molecule is c1ccc2cc(-n3c(-c4ccc5c(c4)-c4c6ccccc6cc6cc7ccccc7c-5c46)nc4ccccc43)ccc2c1. The number of hydrogen-bond acceptors (Lipinski definition) is 1. The smallest absolute Gasteiger partial charge is 0.145 e. The Labute approximate surface area is 248 Å². The molecule has 198 valence electrons. The molecule has 2 nitrogen and oxygen atoms in total. The van der Waals surface area contributed by atoms with Crippen molar-refractivity contribution in [2.24, 2.45) is 0 Å². The molecular formula is C41H24N2. The lowest BCUT2D eigenvalue weighted by molar-refractivity contribution is 1.11. The first-order chi connectivity index (χ1) is 21.3. The molecule has 0 radical (unpaired) electrons. The zero-order chi connectivity index (χ0) is 28.1. The minimum absolute atomic E-state index is 0.955. The molecule has 2 heteroatoms. The van der Waals surface area contributed by atoms with Gasteiger partial charge in [-0.15, -0.1) is 0 Å². The van der Waals surface area contributed by atoms with Gasteiger partial charge < -0.3 is 0 Å². The van der Waals surface area contributed by atoms with E-state index >= 15 is 0 Å². The van der Waals surface area contributed by atoms with Gasteiger partial charge in [-0.3, -0.25) is 4.57 Å². The van der Waals surface area contributed by atoms with Crippen LogP contribution < -0.4 is 0 Å². The number of fused-ring (bicyclic) bond motifs is 9. The van der Waals surface area contributed by atoms with Crippen LogP contribution in [0.15, 0.2) is 146 Å². The monoisotopic (exact) mass is 544 g/mol. The topological polar surface area (TPSA) is 17.8 Å². The van der Waals surface area contributed by atoms with Crippen molar-refractivity contribution in [2.45, 2.75) is 0 Å². The molecule has 0 aliphatic heterocycles. The van der Waals surface area contributed by atoms with Crippen LogP contribution in [-0.4, -0.2) is 9.55 Å². The molecular weight excluding hydrogens is 520 g/mol. The summed E-state index contributed by atoms with van der Waals surface area (Å²) in [5.41, 5.74) is 9.58. The second-order valence-electron chi connectivity index (χ2n) is 11.6. The van der Waals surface area contributed by atoms with E-state index in [0.29, 0.717) is 0 Å². The van der Waals surface area contributed by atoms with Gasteiger partial charge in [0, 0.05) is 11.3 Å². The Kier molecular flexibility index (Phi) is 4.48. The third-order valence-electron chi connectivity index (χ3n) is 9.24. The maximum Gasteiger partial charge on any atom is 0.145 e. The van der Waals surface area contributed by atoms with Gasteiger partial charge in [-0.2, -0.15) is 0 Å². The Morgan fingerprint density at radius 1 is 0.442 bits per heavy atom. The summed E-state index contributed by atoms with van der Waals surface area (Å²) in [7, 11) is 0. The van der Waals surface area contributed by atoms with Crippen molar-refractivity contribution in [1.82, 2.24) is 9.55 Å². The number of hydrogen-bond donors (Lipinski definition) is 0. The number of imidazole rings is 1. The standard InChI is InChI=1S/C41H24N2/c1-2-10-26-23-31(19-17-25(26)9-1)43-37-16-8-7-15-36(37)42-41(43)29-18-20-34-35(24-29)40-33-14-6-4-12-28(33)22-30-21-27-11-3-5-13-32(27)39(34)38(30)40/h1-24H. The van der Waals surface area contributed by atoms with E-state index in [4.69, 9.17) is 4.98 Å². The molecule has 1 heterocycles. The summed E-state index contributed by atoms with van der Waals surface area (Å²) in [5.74, 6) is 0.955. The molecule has 1 aliphatic carbocycles. The van der Waals surface area contributed by atoms with Gasteiger partial charge in [0.1, 0.15) is 5.82 Å². The highest BCUT2D eigenvalue weighted by Gasteiger charge is 2.27. The first kappa shape index (κ1) is 22.9. The van der Waals surface area contributed by atoms with E-state index in [2.05, 4.69) is 150 Å². The van der Waals surface area contributed by atoms with Crippen molar-refractivity contribution < 1.29 is 0 Å². The van der Waals surface area contributed by atoms with Crippen LogP contribution in [0, 0.1) is 0 Å². The Hall–Kier alpha value is -5.73. The highest BCUT2D eigenvalue weighted by Crippen LogP contribution is 2.53. The Morgan fingerprint density at radius 3 is 1.88 bits per heavy atom. The summed E-state index contributed by atoms with van der Waals surface area (Å²) >= 11 is 0. The van der Waals surface area contributed by atoms with E-state index in [1.807, 2.05) is 0 Å². The molecule has 43 heavy (non-hydrogen) atoms. The first-order valence-electron chi connectivity index (χ1n) is 14.8. The normalized spacial score (nSPS) is 12.2. The fourth-order valence-corrected chi connectivity index (χ4v) is 7.37. The van der Waals surface area contributed by atoms with E-state index in [1.54, 1.807) is 0 Å². The molecule has 0 atom stereocenters. The molecule has 10 rings (SSSR count). The van der Waals surface area contributed by atoms with Gasteiger partial charge in [-0.1, -0.05) is 103 Å². The lowest BCUT2D eigenvalue weighted by Gasteiger charge is -2.13. The summed E-state index contributed by atoms with van der Waals surface area (Å²) in [6, 6.07) is 53.0. The maximum absolute atomic E-state index is 5.24. The van der Waals surface area contributed by atoms with Crippen LogP contribution in [0.4, 0.5) is 0 Å². The van der Waals surface area contributed by atoms with Gasteiger partial charge in [-0.05, 0) is 108 Å². The lowest BCUT2D eigenvalue weighted by atomic mass is 9.93. The molecule has 0 unspecified atom stereocenters. The maximum atomic E-state index is 5.24. The van der Waals surface area contributed by atoms with E-state index < -0.39 is 0 Å². The van der Waals surface area contributed by atoms with Crippen LogP contribution in [0.2, 0.25) is 0 Å². The van der Waals surface area contributed by atoms with Crippen molar-refractivity contribution >= 4 is 54.1 Å². The largest absolute Gasteiger partial charge is 0.292 e. The Morgan fingerprint density at radius 2 is 1.09 bits per heavy atom. The zero-order valence-corrected chi connectivity index (χ0v) is 23.3. The van der Waals surface area contributed by atoms with Crippen LogP contribution in [0.3, 0.4) is 0 Å². The summed E-state index contributed by atoms with van der Waals surface area (Å²) in [5, 5.41) is 10.3. The molecule has 0 fully saturated rings. The van der Waals surface area contributed by atoms with E-state index in [-0.39, 0.29) is 0 Å². The zero-order valence-electron chi connectivity index (χ0n) is 23.3. The van der Waals surface area contributed by atoms with Gasteiger partial charge in [0.25, 0.3) is 0 Å². The fourth-order valence-electron chi connectivity index (χ4n) is 7.37. The molecule has 8 aromatic carbocycles. The second kappa shape index (κ2) is 8.40. The second-order valence-corrected chi connectivity index (χ2v) is 11.6. The number of benzene rings is 8. The molecule has 0 saturated heterocycles. The average molecular weight is 545 g/mol. The molecule has 9 aromatic rings. The van der Waals surface area contributed by atoms with E-state index in [1.165, 1.54) is 65.3 Å². The number of nitrogens with zero attached hydrogens (tertiary/aromatic N) is 2. The van der Waals surface area contributed by atoms with Gasteiger partial charge in [0.15, 0.2) is 0 Å². The number of para-hydroxylation sites is 2. The van der Waals surface area contributed by atoms with Gasteiger partial charge in [-0.25, -0.2) is 4.98 Å². The van der Waals surface area contributed by atoms with Crippen molar-refractivity contribution in [3.8, 4) is 39.3 Å². The van der Waals surface area contributed by atoms with Crippen LogP contribution in [0.5, 0.6) is 0 Å². The third kappa shape index (κ3) is 3.15. The first-order valence-corrected chi connectivity index (χ1v) is 14.8. The highest BCUT2D eigenvalue weighted by atomic mass is 15.1. The highest BCUT2D eigenvalue weighted by molar-refractivity contribution is 6.29. The summed E-state index contributed by atoms with van der Waals surface area (Å²) < 4.78 is 2.32.